The molecule has 0 bridgehead atoms. The van der Waals surface area contributed by atoms with E-state index in [4.69, 9.17) is 4.74 Å². The minimum Gasteiger partial charge on any atom is -0.492 e. The molecule has 1 aromatic carbocycles. The van der Waals surface area contributed by atoms with Gasteiger partial charge in [-0.05, 0) is 36.6 Å². The summed E-state index contributed by atoms with van der Waals surface area (Å²) in [7, 11) is 0. The number of likely N-dealkylation sites (tertiary alicyclic amines) is 1. The average Bonchev–Trinajstić information content (AvgIpc) is 2.91. The summed E-state index contributed by atoms with van der Waals surface area (Å²) >= 11 is 0. The van der Waals surface area contributed by atoms with Crippen LogP contribution in [0.5, 0.6) is 5.75 Å². The first-order valence-electron chi connectivity index (χ1n) is 7.94. The highest BCUT2D eigenvalue weighted by Gasteiger charge is 2.34. The van der Waals surface area contributed by atoms with Gasteiger partial charge in [-0.2, -0.15) is 0 Å². The first-order chi connectivity index (χ1) is 11.0. The molecule has 0 saturated carbocycles. The molecule has 2 rings (SSSR count). The number of ether oxygens (including phenoxy) is 1. The second kappa shape index (κ2) is 7.94. The zero-order chi connectivity index (χ0) is 16.8. The van der Waals surface area contributed by atoms with Crippen LogP contribution >= 0.6 is 0 Å². The van der Waals surface area contributed by atoms with Crippen molar-refractivity contribution in [2.24, 2.45) is 5.92 Å². The largest absolute Gasteiger partial charge is 0.492 e. The van der Waals surface area contributed by atoms with E-state index in [0.29, 0.717) is 25.3 Å². The number of carbonyl (C=O) groups excluding carboxylic acids is 2. The molecule has 5 nitrogen and oxygen atoms in total. The Labute approximate surface area is 135 Å². The Balaban J connectivity index is 1.80. The van der Waals surface area contributed by atoms with E-state index in [1.165, 1.54) is 24.3 Å². The fourth-order valence-electron chi connectivity index (χ4n) is 2.75. The number of halogens is 1. The third-order valence-electron chi connectivity index (χ3n) is 3.83. The van der Waals surface area contributed by atoms with Gasteiger partial charge in [-0.3, -0.25) is 9.59 Å². The second-order valence-electron chi connectivity index (χ2n) is 5.97. The normalized spacial score (nSPS) is 15.8. The Morgan fingerprint density at radius 3 is 2.61 bits per heavy atom. The average molecular weight is 322 g/mol. The minimum absolute atomic E-state index is 0.0430. The van der Waals surface area contributed by atoms with Crippen molar-refractivity contribution >= 4 is 11.8 Å². The van der Waals surface area contributed by atoms with Gasteiger partial charge in [0.25, 0.3) is 0 Å². The van der Waals surface area contributed by atoms with Crippen molar-refractivity contribution in [2.75, 3.05) is 19.7 Å². The molecule has 2 amide bonds. The van der Waals surface area contributed by atoms with Crippen LogP contribution in [0.1, 0.15) is 26.7 Å². The number of rotatable bonds is 7. The number of benzene rings is 1. The summed E-state index contributed by atoms with van der Waals surface area (Å²) in [6, 6.07) is 5.29. The number of amides is 2. The van der Waals surface area contributed by atoms with Gasteiger partial charge in [0.1, 0.15) is 24.2 Å². The van der Waals surface area contributed by atoms with Gasteiger partial charge in [-0.1, -0.05) is 13.8 Å². The van der Waals surface area contributed by atoms with E-state index in [2.05, 4.69) is 5.32 Å². The van der Waals surface area contributed by atoms with Crippen molar-refractivity contribution in [2.45, 2.75) is 32.7 Å². The molecule has 0 unspecified atom stereocenters. The minimum atomic E-state index is -0.434. The Hall–Kier alpha value is -2.11. The van der Waals surface area contributed by atoms with Crippen molar-refractivity contribution < 1.29 is 18.7 Å². The summed E-state index contributed by atoms with van der Waals surface area (Å²) in [5.74, 6) is 0.172. The standard InChI is InChI=1S/C17H23FN2O3/c1-12(2)16(20-10-3-4-15(20)21)17(22)19-9-11-23-14-7-5-13(18)6-8-14/h5-8,12,16H,3-4,9-11H2,1-2H3,(H,19,22)/t16-/m0/s1. The van der Waals surface area contributed by atoms with Crippen LogP contribution in [0, 0.1) is 11.7 Å². The molecule has 0 radical (unpaired) electrons. The van der Waals surface area contributed by atoms with E-state index in [1.807, 2.05) is 13.8 Å². The van der Waals surface area contributed by atoms with Gasteiger partial charge in [0.05, 0.1) is 6.54 Å². The molecule has 23 heavy (non-hydrogen) atoms. The Bertz CT molecular complexity index is 545. The van der Waals surface area contributed by atoms with Gasteiger partial charge in [-0.25, -0.2) is 4.39 Å². The highest BCUT2D eigenvalue weighted by atomic mass is 19.1. The maximum Gasteiger partial charge on any atom is 0.243 e. The van der Waals surface area contributed by atoms with E-state index in [9.17, 15) is 14.0 Å². The summed E-state index contributed by atoms with van der Waals surface area (Å²) in [6.45, 7) is 5.13. The van der Waals surface area contributed by atoms with Crippen LogP contribution in [-0.2, 0) is 9.59 Å². The Morgan fingerprint density at radius 2 is 2.04 bits per heavy atom. The van der Waals surface area contributed by atoms with Crippen LogP contribution < -0.4 is 10.1 Å². The molecule has 1 aliphatic heterocycles. The van der Waals surface area contributed by atoms with Crippen molar-refractivity contribution in [3.63, 3.8) is 0 Å². The number of nitrogens with zero attached hydrogens (tertiary/aromatic N) is 1. The van der Waals surface area contributed by atoms with Gasteiger partial charge in [0.2, 0.25) is 11.8 Å². The second-order valence-corrected chi connectivity index (χ2v) is 5.97. The van der Waals surface area contributed by atoms with Crippen LogP contribution in [0.4, 0.5) is 4.39 Å². The predicted octanol–water partition coefficient (Wildman–Crippen LogP) is 1.97. The zero-order valence-electron chi connectivity index (χ0n) is 13.5. The van der Waals surface area contributed by atoms with E-state index in [1.54, 1.807) is 4.90 Å². The van der Waals surface area contributed by atoms with Gasteiger partial charge in [0.15, 0.2) is 0 Å². The van der Waals surface area contributed by atoms with Crippen LogP contribution in [-0.4, -0.2) is 42.5 Å². The lowest BCUT2D eigenvalue weighted by Gasteiger charge is -2.29. The quantitative estimate of drug-likeness (QED) is 0.781. The summed E-state index contributed by atoms with van der Waals surface area (Å²) < 4.78 is 18.2. The topological polar surface area (TPSA) is 58.6 Å². The first-order valence-corrected chi connectivity index (χ1v) is 7.94. The Kier molecular flexibility index (Phi) is 5.96. The molecule has 0 aliphatic carbocycles. The lowest BCUT2D eigenvalue weighted by molar-refractivity contribution is -0.139. The predicted molar refractivity (Wildman–Crippen MR) is 84.5 cm³/mol. The third kappa shape index (κ3) is 4.68. The van der Waals surface area contributed by atoms with Crippen molar-refractivity contribution in [3.8, 4) is 5.75 Å². The maximum atomic E-state index is 12.8. The zero-order valence-corrected chi connectivity index (χ0v) is 13.5. The molecule has 1 aromatic rings. The van der Waals surface area contributed by atoms with Crippen molar-refractivity contribution in [1.82, 2.24) is 10.2 Å². The van der Waals surface area contributed by atoms with Gasteiger partial charge < -0.3 is 15.0 Å². The van der Waals surface area contributed by atoms with Crippen LogP contribution in [0.3, 0.4) is 0 Å². The summed E-state index contributed by atoms with van der Waals surface area (Å²) in [4.78, 5) is 25.9. The highest BCUT2D eigenvalue weighted by Crippen LogP contribution is 2.19. The molecule has 1 atom stereocenters. The molecule has 1 saturated heterocycles. The molecule has 1 fully saturated rings. The van der Waals surface area contributed by atoms with Gasteiger partial charge in [0, 0.05) is 13.0 Å². The monoisotopic (exact) mass is 322 g/mol. The highest BCUT2D eigenvalue weighted by molar-refractivity contribution is 5.88. The maximum absolute atomic E-state index is 12.8. The van der Waals surface area contributed by atoms with E-state index in [0.717, 1.165) is 6.42 Å². The van der Waals surface area contributed by atoms with E-state index >= 15 is 0 Å². The fraction of sp³-hybridized carbons (Fsp3) is 0.529. The lowest BCUT2D eigenvalue weighted by atomic mass is 10.0. The van der Waals surface area contributed by atoms with Gasteiger partial charge >= 0.3 is 0 Å². The first kappa shape index (κ1) is 17.2. The SMILES string of the molecule is CC(C)[C@@H](C(=O)NCCOc1ccc(F)cc1)N1CCCC1=O. The molecule has 0 spiro atoms. The van der Waals surface area contributed by atoms with E-state index < -0.39 is 6.04 Å². The molecule has 6 heteroatoms. The van der Waals surface area contributed by atoms with Gasteiger partial charge in [-0.15, -0.1) is 0 Å². The smallest absolute Gasteiger partial charge is 0.243 e. The fourth-order valence-corrected chi connectivity index (χ4v) is 2.75. The van der Waals surface area contributed by atoms with E-state index in [-0.39, 0.29) is 30.2 Å². The number of carbonyl (C=O) groups is 2. The van der Waals surface area contributed by atoms with Crippen molar-refractivity contribution in [3.05, 3.63) is 30.1 Å². The molecule has 126 valence electrons. The number of nitrogens with one attached hydrogen (secondary N) is 1. The number of hydrogen-bond donors (Lipinski definition) is 1. The molecule has 1 aliphatic rings. The lowest BCUT2D eigenvalue weighted by Crippen LogP contribution is -2.51. The van der Waals surface area contributed by atoms with Crippen LogP contribution in [0.2, 0.25) is 0 Å². The molecule has 0 aromatic heterocycles. The number of hydrogen-bond acceptors (Lipinski definition) is 3. The molecule has 1 heterocycles. The molecule has 1 N–H and O–H groups in total. The molecular formula is C17H23FN2O3. The Morgan fingerprint density at radius 1 is 1.35 bits per heavy atom. The molecular weight excluding hydrogens is 299 g/mol. The van der Waals surface area contributed by atoms with Crippen LogP contribution in [0.15, 0.2) is 24.3 Å². The summed E-state index contributed by atoms with van der Waals surface area (Å²) in [6.07, 6.45) is 1.33. The third-order valence-corrected chi connectivity index (χ3v) is 3.83. The van der Waals surface area contributed by atoms with Crippen LogP contribution in [0.25, 0.3) is 0 Å². The summed E-state index contributed by atoms with van der Waals surface area (Å²) in [5, 5.41) is 2.81. The van der Waals surface area contributed by atoms with Crippen molar-refractivity contribution in [1.29, 1.82) is 0 Å². The summed E-state index contributed by atoms with van der Waals surface area (Å²) in [5.41, 5.74) is 0.